The second-order valence-corrected chi connectivity index (χ2v) is 5.54. The highest BCUT2D eigenvalue weighted by atomic mass is 19.1. The van der Waals surface area contributed by atoms with Gasteiger partial charge in [0.05, 0.1) is 5.52 Å². The lowest BCUT2D eigenvalue weighted by Crippen LogP contribution is -1.96. The molecule has 3 rings (SSSR count). The molecule has 4 heteroatoms. The molecule has 2 aromatic carbocycles. The monoisotopic (exact) mass is 299 g/mol. The molecular formula is C18H15F2NO. The Balaban J connectivity index is 2.22. The van der Waals surface area contributed by atoms with Crippen molar-refractivity contribution in [2.75, 3.05) is 0 Å². The van der Waals surface area contributed by atoms with Gasteiger partial charge in [-0.05, 0) is 47.9 Å². The number of hydrogen-bond acceptors (Lipinski definition) is 2. The molecule has 0 saturated heterocycles. The van der Waals surface area contributed by atoms with Gasteiger partial charge in [-0.15, -0.1) is 0 Å². The van der Waals surface area contributed by atoms with Crippen molar-refractivity contribution in [2.24, 2.45) is 0 Å². The van der Waals surface area contributed by atoms with Gasteiger partial charge in [-0.25, -0.2) is 8.78 Å². The fraction of sp³-hybridized carbons (Fsp3) is 0.167. The highest BCUT2D eigenvalue weighted by molar-refractivity contribution is 5.85. The van der Waals surface area contributed by atoms with Gasteiger partial charge >= 0.3 is 0 Å². The summed E-state index contributed by atoms with van der Waals surface area (Å²) in [5.74, 6) is -1.31. The minimum Gasteiger partial charge on any atom is -0.508 e. The average molecular weight is 299 g/mol. The zero-order chi connectivity index (χ0) is 15.9. The highest BCUT2D eigenvalue weighted by Gasteiger charge is 2.17. The van der Waals surface area contributed by atoms with Crippen LogP contribution in [0.15, 0.2) is 42.6 Å². The Hall–Kier alpha value is -2.49. The van der Waals surface area contributed by atoms with Gasteiger partial charge in [0.1, 0.15) is 17.4 Å². The lowest BCUT2D eigenvalue weighted by Gasteiger charge is -2.13. The molecule has 0 atom stereocenters. The predicted molar refractivity (Wildman–Crippen MR) is 82.8 cm³/mol. The van der Waals surface area contributed by atoms with Crippen molar-refractivity contribution in [1.29, 1.82) is 0 Å². The van der Waals surface area contributed by atoms with E-state index < -0.39 is 11.6 Å². The second kappa shape index (κ2) is 5.37. The molecule has 0 aliphatic carbocycles. The molecule has 1 aromatic heterocycles. The number of aromatic hydroxyl groups is 1. The van der Waals surface area contributed by atoms with E-state index in [1.54, 1.807) is 44.3 Å². The van der Waals surface area contributed by atoms with Crippen LogP contribution in [-0.2, 0) is 0 Å². The molecule has 0 bridgehead atoms. The van der Waals surface area contributed by atoms with E-state index in [0.717, 1.165) is 0 Å². The molecule has 0 amide bonds. The van der Waals surface area contributed by atoms with Crippen LogP contribution in [0.2, 0.25) is 0 Å². The molecule has 0 aliphatic heterocycles. The third-order valence-corrected chi connectivity index (χ3v) is 3.72. The maximum Gasteiger partial charge on any atom is 0.140 e. The summed E-state index contributed by atoms with van der Waals surface area (Å²) in [4.78, 5) is 4.09. The van der Waals surface area contributed by atoms with Gasteiger partial charge in [0, 0.05) is 22.7 Å². The Morgan fingerprint density at radius 2 is 1.86 bits per heavy atom. The fourth-order valence-corrected chi connectivity index (χ4v) is 2.67. The first-order valence-corrected chi connectivity index (χ1v) is 7.05. The van der Waals surface area contributed by atoms with E-state index >= 15 is 0 Å². The van der Waals surface area contributed by atoms with E-state index in [0.29, 0.717) is 16.5 Å². The third kappa shape index (κ3) is 2.30. The fourth-order valence-electron chi connectivity index (χ4n) is 2.67. The number of aromatic nitrogens is 1. The number of phenols is 1. The summed E-state index contributed by atoms with van der Waals surface area (Å²) in [6, 6.07) is 9.16. The van der Waals surface area contributed by atoms with E-state index in [9.17, 15) is 13.9 Å². The molecule has 2 nitrogen and oxygen atoms in total. The van der Waals surface area contributed by atoms with Gasteiger partial charge in [-0.2, -0.15) is 0 Å². The van der Waals surface area contributed by atoms with E-state index in [-0.39, 0.29) is 22.8 Å². The Bertz CT molecular complexity index is 836. The highest BCUT2D eigenvalue weighted by Crippen LogP contribution is 2.35. The zero-order valence-electron chi connectivity index (χ0n) is 12.3. The lowest BCUT2D eigenvalue weighted by atomic mass is 9.96. The van der Waals surface area contributed by atoms with Crippen molar-refractivity contribution in [1.82, 2.24) is 4.98 Å². The Morgan fingerprint density at radius 1 is 1.09 bits per heavy atom. The normalized spacial score (nSPS) is 11.3. The minimum absolute atomic E-state index is 0.153. The maximum atomic E-state index is 14.6. The van der Waals surface area contributed by atoms with Gasteiger partial charge in [0.25, 0.3) is 0 Å². The van der Waals surface area contributed by atoms with Crippen LogP contribution in [0.25, 0.3) is 22.0 Å². The largest absolute Gasteiger partial charge is 0.508 e. The summed E-state index contributed by atoms with van der Waals surface area (Å²) >= 11 is 0. The van der Waals surface area contributed by atoms with Crippen LogP contribution in [0.4, 0.5) is 8.78 Å². The molecule has 22 heavy (non-hydrogen) atoms. The van der Waals surface area contributed by atoms with Crippen molar-refractivity contribution in [3.8, 4) is 16.9 Å². The Labute approximate surface area is 127 Å². The van der Waals surface area contributed by atoms with Crippen LogP contribution in [0.5, 0.6) is 5.75 Å². The maximum absolute atomic E-state index is 14.6. The Morgan fingerprint density at radius 3 is 2.55 bits per heavy atom. The molecule has 0 spiro atoms. The number of nitrogens with zero attached hydrogens (tertiary/aromatic N) is 1. The average Bonchev–Trinajstić information content (AvgIpc) is 2.46. The summed E-state index contributed by atoms with van der Waals surface area (Å²) < 4.78 is 28.8. The summed E-state index contributed by atoms with van der Waals surface area (Å²) in [6.07, 6.45) is 1.59. The molecule has 1 N–H and O–H groups in total. The van der Waals surface area contributed by atoms with Crippen molar-refractivity contribution in [2.45, 2.75) is 19.8 Å². The molecule has 0 saturated carbocycles. The van der Waals surface area contributed by atoms with Gasteiger partial charge < -0.3 is 5.11 Å². The number of benzene rings is 2. The van der Waals surface area contributed by atoms with E-state index in [2.05, 4.69) is 4.98 Å². The molecular weight excluding hydrogens is 284 g/mol. The summed E-state index contributed by atoms with van der Waals surface area (Å²) in [7, 11) is 0. The number of halogens is 2. The minimum atomic E-state index is -0.532. The predicted octanol–water partition coefficient (Wildman–Crippen LogP) is 5.01. The van der Waals surface area contributed by atoms with Crippen molar-refractivity contribution in [3.05, 3.63) is 59.8 Å². The van der Waals surface area contributed by atoms with Crippen LogP contribution < -0.4 is 0 Å². The van der Waals surface area contributed by atoms with Crippen LogP contribution in [0.1, 0.15) is 25.3 Å². The molecule has 1 heterocycles. The molecule has 0 aliphatic rings. The van der Waals surface area contributed by atoms with Gasteiger partial charge in [-0.3, -0.25) is 4.98 Å². The van der Waals surface area contributed by atoms with Gasteiger partial charge in [0.15, 0.2) is 0 Å². The molecule has 3 aromatic rings. The standard InChI is InChI=1S/C18H15F2NO/c1-10(2)17-14(19)8-11(9-16(17)22)12-5-6-15-13(18(12)20)4-3-7-21-15/h3-10,22H,1-2H3. The van der Waals surface area contributed by atoms with Crippen molar-refractivity contribution >= 4 is 10.9 Å². The third-order valence-electron chi connectivity index (χ3n) is 3.72. The number of phenolic OH excluding ortho intramolecular Hbond substituents is 1. The van der Waals surface area contributed by atoms with Gasteiger partial charge in [-0.1, -0.05) is 13.8 Å². The summed E-state index contributed by atoms with van der Waals surface area (Å²) in [5, 5.41) is 10.4. The molecule has 0 unspecified atom stereocenters. The SMILES string of the molecule is CC(C)c1c(O)cc(-c2ccc3ncccc3c2F)cc1F. The van der Waals surface area contributed by atoms with E-state index in [4.69, 9.17) is 0 Å². The Kier molecular flexibility index (Phi) is 3.53. The van der Waals surface area contributed by atoms with Crippen LogP contribution in [-0.4, -0.2) is 10.1 Å². The second-order valence-electron chi connectivity index (χ2n) is 5.54. The van der Waals surface area contributed by atoms with Gasteiger partial charge in [0.2, 0.25) is 0 Å². The summed E-state index contributed by atoms with van der Waals surface area (Å²) in [5.41, 5.74) is 1.33. The lowest BCUT2D eigenvalue weighted by molar-refractivity contribution is 0.454. The smallest absolute Gasteiger partial charge is 0.140 e. The number of pyridine rings is 1. The molecule has 0 radical (unpaired) electrons. The van der Waals surface area contributed by atoms with Crippen LogP contribution in [0, 0.1) is 11.6 Å². The summed E-state index contributed by atoms with van der Waals surface area (Å²) in [6.45, 7) is 3.58. The van der Waals surface area contributed by atoms with Crippen LogP contribution >= 0.6 is 0 Å². The zero-order valence-corrected chi connectivity index (χ0v) is 12.3. The number of hydrogen-bond donors (Lipinski definition) is 1. The first-order chi connectivity index (χ1) is 10.5. The first kappa shape index (κ1) is 14.4. The number of rotatable bonds is 2. The van der Waals surface area contributed by atoms with Crippen molar-refractivity contribution < 1.29 is 13.9 Å². The van der Waals surface area contributed by atoms with E-state index in [1.165, 1.54) is 12.1 Å². The molecule has 0 fully saturated rings. The topological polar surface area (TPSA) is 33.1 Å². The van der Waals surface area contributed by atoms with Crippen molar-refractivity contribution in [3.63, 3.8) is 0 Å². The first-order valence-electron chi connectivity index (χ1n) is 7.05. The van der Waals surface area contributed by atoms with Crippen LogP contribution in [0.3, 0.4) is 0 Å². The van der Waals surface area contributed by atoms with E-state index in [1.807, 2.05) is 0 Å². The quantitative estimate of drug-likeness (QED) is 0.721. The molecule has 112 valence electrons. The number of fused-ring (bicyclic) bond motifs is 1.